The number of aromatic hydroxyl groups is 1. The van der Waals surface area contributed by atoms with Gasteiger partial charge in [0.2, 0.25) is 0 Å². The third-order valence-electron chi connectivity index (χ3n) is 4.38. The van der Waals surface area contributed by atoms with Crippen LogP contribution in [0.1, 0.15) is 54.0 Å². The molecule has 0 fully saturated rings. The number of rotatable bonds is 5. The number of nitrogens with zero attached hydrogens (tertiary/aromatic N) is 2. The molecule has 0 heterocycles. The highest BCUT2D eigenvalue weighted by Gasteiger charge is 2.28. The van der Waals surface area contributed by atoms with Crippen molar-refractivity contribution >= 4 is 17.5 Å². The highest BCUT2D eigenvalue weighted by Crippen LogP contribution is 2.38. The van der Waals surface area contributed by atoms with Gasteiger partial charge in [-0.15, -0.1) is 0 Å². The summed E-state index contributed by atoms with van der Waals surface area (Å²) in [6.45, 7) is 13.0. The Balaban J connectivity index is 2.46. The molecule has 1 N–H and O–H groups in total. The summed E-state index contributed by atoms with van der Waals surface area (Å²) in [5, 5.41) is 21.7. The van der Waals surface area contributed by atoms with Gasteiger partial charge < -0.3 is 14.6 Å². The van der Waals surface area contributed by atoms with Gasteiger partial charge in [0, 0.05) is 24.2 Å². The summed E-state index contributed by atoms with van der Waals surface area (Å²) < 4.78 is 11.3. The maximum atomic E-state index is 12.6. The van der Waals surface area contributed by atoms with E-state index >= 15 is 0 Å². The van der Waals surface area contributed by atoms with Crippen LogP contribution in [-0.4, -0.2) is 28.3 Å². The SMILES string of the molecule is CCN(C(=O)OC(C)(C)C)c1cc(Oc2ccc(O)c(C(C)(C)C)c2)ccc1[N+](=O)[O-]. The molecule has 0 aliphatic rings. The molecule has 0 atom stereocenters. The summed E-state index contributed by atoms with van der Waals surface area (Å²) in [4.78, 5) is 24.9. The summed E-state index contributed by atoms with van der Waals surface area (Å²) in [6, 6.07) is 9.08. The van der Waals surface area contributed by atoms with Crippen molar-refractivity contribution in [1.29, 1.82) is 0 Å². The second-order valence-corrected chi connectivity index (χ2v) is 9.16. The number of ether oxygens (including phenoxy) is 2. The Morgan fingerprint density at radius 1 is 1.06 bits per heavy atom. The van der Waals surface area contributed by atoms with Gasteiger partial charge in [0.1, 0.15) is 28.5 Å². The molecule has 0 spiro atoms. The topological polar surface area (TPSA) is 102 Å². The highest BCUT2D eigenvalue weighted by atomic mass is 16.6. The maximum Gasteiger partial charge on any atom is 0.415 e. The minimum absolute atomic E-state index is 0.0778. The maximum absolute atomic E-state index is 12.6. The zero-order chi connectivity index (χ0) is 23.6. The molecule has 0 unspecified atom stereocenters. The third-order valence-corrected chi connectivity index (χ3v) is 4.38. The van der Waals surface area contributed by atoms with Crippen molar-refractivity contribution in [2.24, 2.45) is 0 Å². The Bertz CT molecular complexity index is 973. The van der Waals surface area contributed by atoms with E-state index in [4.69, 9.17) is 9.47 Å². The van der Waals surface area contributed by atoms with Gasteiger partial charge in [-0.05, 0) is 57.4 Å². The smallest absolute Gasteiger partial charge is 0.415 e. The lowest BCUT2D eigenvalue weighted by Crippen LogP contribution is -2.37. The van der Waals surface area contributed by atoms with Crippen molar-refractivity contribution in [2.75, 3.05) is 11.4 Å². The monoisotopic (exact) mass is 430 g/mol. The summed E-state index contributed by atoms with van der Waals surface area (Å²) >= 11 is 0. The van der Waals surface area contributed by atoms with Crippen LogP contribution in [0.3, 0.4) is 0 Å². The Hall–Kier alpha value is -3.29. The van der Waals surface area contributed by atoms with Crippen LogP contribution in [0.2, 0.25) is 0 Å². The predicted octanol–water partition coefficient (Wildman–Crippen LogP) is 6.15. The first-order valence-electron chi connectivity index (χ1n) is 10.0. The fourth-order valence-corrected chi connectivity index (χ4v) is 2.97. The number of nitro benzene ring substituents is 1. The van der Waals surface area contributed by atoms with Gasteiger partial charge in [0.05, 0.1) is 4.92 Å². The molecule has 0 saturated carbocycles. The zero-order valence-corrected chi connectivity index (χ0v) is 19.1. The van der Waals surface area contributed by atoms with E-state index in [0.717, 1.165) is 0 Å². The molecule has 2 aromatic rings. The number of phenols is 1. The molecular formula is C23H30N2O6. The van der Waals surface area contributed by atoms with Crippen LogP contribution in [0.5, 0.6) is 17.2 Å². The van der Waals surface area contributed by atoms with Crippen LogP contribution in [-0.2, 0) is 10.2 Å². The number of carbonyl (C=O) groups excluding carboxylic acids is 1. The van der Waals surface area contributed by atoms with Crippen molar-refractivity contribution in [3.8, 4) is 17.2 Å². The molecule has 1 amide bonds. The van der Waals surface area contributed by atoms with Crippen LogP contribution in [0.25, 0.3) is 0 Å². The Morgan fingerprint density at radius 3 is 2.16 bits per heavy atom. The molecule has 0 bridgehead atoms. The number of amides is 1. The van der Waals surface area contributed by atoms with Crippen molar-refractivity contribution in [2.45, 2.75) is 59.5 Å². The lowest BCUT2D eigenvalue weighted by atomic mass is 9.86. The average molecular weight is 431 g/mol. The fourth-order valence-electron chi connectivity index (χ4n) is 2.97. The first-order chi connectivity index (χ1) is 14.2. The molecule has 2 aromatic carbocycles. The number of anilines is 1. The minimum atomic E-state index is -0.747. The molecule has 168 valence electrons. The van der Waals surface area contributed by atoms with E-state index < -0.39 is 16.6 Å². The first kappa shape index (κ1) is 24.0. The van der Waals surface area contributed by atoms with Crippen molar-refractivity contribution in [1.82, 2.24) is 0 Å². The second-order valence-electron chi connectivity index (χ2n) is 9.16. The second kappa shape index (κ2) is 8.83. The Morgan fingerprint density at radius 2 is 1.65 bits per heavy atom. The number of nitro groups is 1. The van der Waals surface area contributed by atoms with Gasteiger partial charge in [-0.3, -0.25) is 15.0 Å². The van der Waals surface area contributed by atoms with Crippen molar-refractivity contribution in [3.63, 3.8) is 0 Å². The van der Waals surface area contributed by atoms with Crippen molar-refractivity contribution < 1.29 is 24.3 Å². The van der Waals surface area contributed by atoms with Gasteiger partial charge in [0.25, 0.3) is 5.69 Å². The van der Waals surface area contributed by atoms with E-state index in [1.165, 1.54) is 23.1 Å². The van der Waals surface area contributed by atoms with Crippen LogP contribution >= 0.6 is 0 Å². The first-order valence-corrected chi connectivity index (χ1v) is 10.0. The Kier molecular flexibility index (Phi) is 6.83. The summed E-state index contributed by atoms with van der Waals surface area (Å²) in [6.07, 6.45) is -0.685. The molecule has 0 saturated heterocycles. The number of hydrogen-bond donors (Lipinski definition) is 1. The van der Waals surface area contributed by atoms with Crippen LogP contribution in [0.15, 0.2) is 36.4 Å². The molecular weight excluding hydrogens is 400 g/mol. The van der Waals surface area contributed by atoms with E-state index in [9.17, 15) is 20.0 Å². The number of hydrogen-bond acceptors (Lipinski definition) is 6. The van der Waals surface area contributed by atoms with E-state index in [1.807, 2.05) is 20.8 Å². The van der Waals surface area contributed by atoms with Crippen LogP contribution < -0.4 is 9.64 Å². The molecule has 31 heavy (non-hydrogen) atoms. The molecule has 0 aromatic heterocycles. The molecule has 2 rings (SSSR count). The molecule has 0 aliphatic carbocycles. The molecule has 8 heteroatoms. The van der Waals surface area contributed by atoms with E-state index in [2.05, 4.69) is 0 Å². The number of benzene rings is 2. The van der Waals surface area contributed by atoms with E-state index in [0.29, 0.717) is 17.1 Å². The molecule has 8 nitrogen and oxygen atoms in total. The van der Waals surface area contributed by atoms with Gasteiger partial charge in [-0.1, -0.05) is 20.8 Å². The van der Waals surface area contributed by atoms with E-state index in [-0.39, 0.29) is 29.1 Å². The molecule has 0 aliphatic heterocycles. The lowest BCUT2D eigenvalue weighted by molar-refractivity contribution is -0.384. The summed E-state index contributed by atoms with van der Waals surface area (Å²) in [5.41, 5.74) is -0.505. The van der Waals surface area contributed by atoms with Crippen LogP contribution in [0.4, 0.5) is 16.2 Å². The summed E-state index contributed by atoms with van der Waals surface area (Å²) in [7, 11) is 0. The number of phenolic OH excluding ortho intramolecular Hbond substituents is 1. The van der Waals surface area contributed by atoms with Crippen molar-refractivity contribution in [3.05, 3.63) is 52.1 Å². The number of carbonyl (C=O) groups is 1. The minimum Gasteiger partial charge on any atom is -0.508 e. The van der Waals surface area contributed by atoms with Crippen LogP contribution in [0, 0.1) is 10.1 Å². The predicted molar refractivity (Wildman–Crippen MR) is 119 cm³/mol. The van der Waals surface area contributed by atoms with Gasteiger partial charge >= 0.3 is 6.09 Å². The molecule has 0 radical (unpaired) electrons. The quantitative estimate of drug-likeness (QED) is 0.451. The Labute approximate surface area is 182 Å². The van der Waals surface area contributed by atoms with Gasteiger partial charge in [-0.25, -0.2) is 4.79 Å². The zero-order valence-electron chi connectivity index (χ0n) is 19.1. The standard InChI is InChI=1S/C23H30N2O6/c1-8-24(21(27)31-23(5,6)7)19-14-16(9-11-18(19)25(28)29)30-15-10-12-20(26)17(13-15)22(2,3)4/h9-14,26H,8H2,1-7H3. The third kappa shape index (κ3) is 6.10. The fraction of sp³-hybridized carbons (Fsp3) is 0.435. The largest absolute Gasteiger partial charge is 0.508 e. The van der Waals surface area contributed by atoms with E-state index in [1.54, 1.807) is 45.9 Å². The highest BCUT2D eigenvalue weighted by molar-refractivity contribution is 5.91. The van der Waals surface area contributed by atoms with Gasteiger partial charge in [-0.2, -0.15) is 0 Å². The van der Waals surface area contributed by atoms with Gasteiger partial charge in [0.15, 0.2) is 0 Å². The lowest BCUT2D eigenvalue weighted by Gasteiger charge is -2.26. The average Bonchev–Trinajstić information content (AvgIpc) is 2.61. The normalized spacial score (nSPS) is 11.7. The summed E-state index contributed by atoms with van der Waals surface area (Å²) in [5.74, 6) is 0.933.